The van der Waals surface area contributed by atoms with Gasteiger partial charge in [-0.2, -0.15) is 0 Å². The van der Waals surface area contributed by atoms with Gasteiger partial charge in [-0.1, -0.05) is 24.3 Å². The van der Waals surface area contributed by atoms with Gasteiger partial charge in [0.05, 0.1) is 0 Å². The molecule has 2 atom stereocenters. The highest BCUT2D eigenvalue weighted by atomic mass is 16.5. The molecule has 1 aliphatic heterocycles. The maximum Gasteiger partial charge on any atom is 0.306 e. The molecule has 136 valence electrons. The zero-order valence-corrected chi connectivity index (χ0v) is 14.9. The predicted octanol–water partition coefficient (Wildman–Crippen LogP) is 5.03. The van der Waals surface area contributed by atoms with E-state index in [0.29, 0.717) is 19.3 Å². The lowest BCUT2D eigenvalue weighted by Crippen LogP contribution is -2.17. The number of hydrogen-bond donors (Lipinski definition) is 0. The van der Waals surface area contributed by atoms with Crippen LogP contribution < -0.4 is 0 Å². The van der Waals surface area contributed by atoms with Crippen molar-refractivity contribution in [2.45, 2.75) is 44.3 Å². The Morgan fingerprint density at radius 3 is 1.70 bits per heavy atom. The topological polar surface area (TPSA) is 52.6 Å². The van der Waals surface area contributed by atoms with Crippen LogP contribution in [0.1, 0.15) is 66.6 Å². The third-order valence-corrected chi connectivity index (χ3v) is 5.54. The van der Waals surface area contributed by atoms with E-state index in [1.807, 2.05) is 0 Å². The molecule has 27 heavy (non-hydrogen) atoms. The molecule has 5 rings (SSSR count). The maximum absolute atomic E-state index is 12.2. The molecule has 2 unspecified atom stereocenters. The van der Waals surface area contributed by atoms with Gasteiger partial charge >= 0.3 is 11.9 Å². The summed E-state index contributed by atoms with van der Waals surface area (Å²) in [5.41, 5.74) is 4.30. The summed E-state index contributed by atoms with van der Waals surface area (Å²) in [7, 11) is 0. The van der Waals surface area contributed by atoms with Crippen LogP contribution in [0.3, 0.4) is 0 Å². The van der Waals surface area contributed by atoms with Gasteiger partial charge in [0.25, 0.3) is 0 Å². The lowest BCUT2D eigenvalue weighted by molar-refractivity contribution is -0.151. The monoisotopic (exact) mass is 360 g/mol. The normalized spacial score (nSPS) is 24.0. The Balaban J connectivity index is 1.69. The number of ether oxygens (including phenoxy) is 2. The lowest BCUT2D eigenvalue weighted by Gasteiger charge is -2.26. The second-order valence-electron chi connectivity index (χ2n) is 7.40. The van der Waals surface area contributed by atoms with Gasteiger partial charge in [0.1, 0.15) is 12.2 Å². The SMILES string of the molecule is O=C1CCCC(=O)OC2CC=Cc3cc4cc5c(cc4cc32)C(CC=C5)O1. The molecule has 3 bridgehead atoms. The molecule has 0 radical (unpaired) electrons. The van der Waals surface area contributed by atoms with Crippen LogP contribution in [0.15, 0.2) is 36.4 Å². The molecule has 1 heterocycles. The average molecular weight is 360 g/mol. The van der Waals surface area contributed by atoms with Gasteiger partial charge in [-0.3, -0.25) is 9.59 Å². The molecular weight excluding hydrogens is 340 g/mol. The van der Waals surface area contributed by atoms with Crippen LogP contribution in [-0.4, -0.2) is 11.9 Å². The summed E-state index contributed by atoms with van der Waals surface area (Å²) in [4.78, 5) is 24.5. The maximum atomic E-state index is 12.2. The van der Waals surface area contributed by atoms with Crippen molar-refractivity contribution in [3.8, 4) is 0 Å². The van der Waals surface area contributed by atoms with Crippen LogP contribution in [0.5, 0.6) is 0 Å². The molecule has 0 saturated carbocycles. The summed E-state index contributed by atoms with van der Waals surface area (Å²) in [6.45, 7) is 0. The van der Waals surface area contributed by atoms with Gasteiger partial charge in [-0.15, -0.1) is 0 Å². The number of carbonyl (C=O) groups is 2. The highest BCUT2D eigenvalue weighted by Gasteiger charge is 2.25. The third kappa shape index (κ3) is 2.95. The van der Waals surface area contributed by atoms with Crippen molar-refractivity contribution in [1.82, 2.24) is 0 Å². The molecule has 0 spiro atoms. The summed E-state index contributed by atoms with van der Waals surface area (Å²) < 4.78 is 11.4. The second-order valence-corrected chi connectivity index (χ2v) is 7.40. The Bertz CT molecular complexity index is 938. The summed E-state index contributed by atoms with van der Waals surface area (Å²) in [5, 5.41) is 2.21. The third-order valence-electron chi connectivity index (χ3n) is 5.54. The van der Waals surface area contributed by atoms with E-state index in [4.69, 9.17) is 9.47 Å². The Hall–Kier alpha value is -2.88. The van der Waals surface area contributed by atoms with Crippen LogP contribution >= 0.6 is 0 Å². The van der Waals surface area contributed by atoms with Gasteiger partial charge in [0, 0.05) is 36.8 Å². The van der Waals surface area contributed by atoms with Gasteiger partial charge in [-0.05, 0) is 52.6 Å². The highest BCUT2D eigenvalue weighted by molar-refractivity contribution is 5.90. The van der Waals surface area contributed by atoms with E-state index in [0.717, 1.165) is 33.0 Å². The first-order valence-corrected chi connectivity index (χ1v) is 9.51. The largest absolute Gasteiger partial charge is 0.457 e. The first kappa shape index (κ1) is 16.3. The standard InChI is InChI=1S/C23H20O4/c24-22-8-3-9-23(25)27-21-7-2-5-15-11-16-10-14-4-1-6-20(26-22)18(14)12-17(16)13-19(15)21/h1-2,4-5,10-13,20-21H,3,6-9H2. The molecule has 0 aromatic heterocycles. The zero-order chi connectivity index (χ0) is 18.4. The van der Waals surface area contributed by atoms with Gasteiger partial charge in [0.15, 0.2) is 0 Å². The first-order valence-electron chi connectivity index (χ1n) is 9.51. The van der Waals surface area contributed by atoms with Crippen molar-refractivity contribution in [1.29, 1.82) is 0 Å². The lowest BCUT2D eigenvalue weighted by atomic mass is 9.87. The van der Waals surface area contributed by atoms with E-state index in [1.165, 1.54) is 0 Å². The van der Waals surface area contributed by atoms with Crippen LogP contribution in [0, 0.1) is 0 Å². The molecule has 3 aliphatic rings. The molecule has 4 nitrogen and oxygen atoms in total. The van der Waals surface area contributed by atoms with Gasteiger partial charge in [0.2, 0.25) is 0 Å². The van der Waals surface area contributed by atoms with E-state index < -0.39 is 0 Å². The summed E-state index contributed by atoms with van der Waals surface area (Å²) >= 11 is 0. The van der Waals surface area contributed by atoms with Crippen LogP contribution in [0.25, 0.3) is 22.9 Å². The van der Waals surface area contributed by atoms with Crippen LogP contribution in [0.2, 0.25) is 0 Å². The smallest absolute Gasteiger partial charge is 0.306 e. The summed E-state index contributed by atoms with van der Waals surface area (Å²) in [6.07, 6.45) is 10.1. The van der Waals surface area contributed by atoms with Crippen molar-refractivity contribution in [2.75, 3.05) is 0 Å². The highest BCUT2D eigenvalue weighted by Crippen LogP contribution is 2.38. The Kier molecular flexibility index (Phi) is 3.85. The number of esters is 2. The van der Waals surface area contributed by atoms with E-state index in [9.17, 15) is 9.59 Å². The second kappa shape index (κ2) is 6.38. The fraction of sp³-hybridized carbons (Fsp3) is 0.304. The Morgan fingerprint density at radius 1 is 0.704 bits per heavy atom. The van der Waals surface area contributed by atoms with E-state index >= 15 is 0 Å². The predicted molar refractivity (Wildman–Crippen MR) is 103 cm³/mol. The number of hydrogen-bond acceptors (Lipinski definition) is 4. The molecule has 0 amide bonds. The van der Waals surface area contributed by atoms with E-state index in [2.05, 4.69) is 48.6 Å². The molecule has 0 fully saturated rings. The van der Waals surface area contributed by atoms with Crippen molar-refractivity contribution in [2.24, 2.45) is 0 Å². The molecule has 0 saturated heterocycles. The van der Waals surface area contributed by atoms with Crippen LogP contribution in [0.4, 0.5) is 0 Å². The fourth-order valence-electron chi connectivity index (χ4n) is 4.19. The van der Waals surface area contributed by atoms with E-state index in [1.54, 1.807) is 0 Å². The summed E-state index contributed by atoms with van der Waals surface area (Å²) in [5.74, 6) is -0.523. The van der Waals surface area contributed by atoms with Crippen molar-refractivity contribution < 1.29 is 19.1 Å². The number of rotatable bonds is 0. The molecular formula is C23H20O4. The fourth-order valence-corrected chi connectivity index (χ4v) is 4.19. The Morgan fingerprint density at radius 2 is 1.19 bits per heavy atom. The van der Waals surface area contributed by atoms with Crippen LogP contribution in [-0.2, 0) is 19.1 Å². The number of benzene rings is 2. The quantitative estimate of drug-likeness (QED) is 0.619. The van der Waals surface area contributed by atoms with Gasteiger partial charge in [-0.25, -0.2) is 0 Å². The van der Waals surface area contributed by atoms with E-state index in [-0.39, 0.29) is 37.0 Å². The molecule has 0 N–H and O–H groups in total. The molecule has 2 aromatic rings. The van der Waals surface area contributed by atoms with Crippen molar-refractivity contribution >= 4 is 34.9 Å². The first-order chi connectivity index (χ1) is 13.2. The zero-order valence-electron chi connectivity index (χ0n) is 14.9. The minimum absolute atomic E-state index is 0.230. The Labute approximate surface area is 157 Å². The average Bonchev–Trinajstić information content (AvgIpc) is 2.65. The molecule has 2 aliphatic carbocycles. The summed E-state index contributed by atoms with van der Waals surface area (Å²) in [6, 6.07) is 8.54. The van der Waals surface area contributed by atoms with Crippen molar-refractivity contribution in [3.05, 3.63) is 58.7 Å². The minimum Gasteiger partial charge on any atom is -0.457 e. The molecule has 4 heteroatoms. The van der Waals surface area contributed by atoms with Gasteiger partial charge < -0.3 is 9.47 Å². The molecule has 2 aromatic carbocycles. The number of carbonyl (C=O) groups excluding carboxylic acids is 2. The van der Waals surface area contributed by atoms with Crippen molar-refractivity contribution in [3.63, 3.8) is 0 Å². The minimum atomic E-state index is -0.261.